The summed E-state index contributed by atoms with van der Waals surface area (Å²) in [6.07, 6.45) is 1.87. The van der Waals surface area contributed by atoms with E-state index >= 15 is 0 Å². The van der Waals surface area contributed by atoms with Crippen LogP contribution >= 0.6 is 0 Å². The zero-order chi connectivity index (χ0) is 12.1. The summed E-state index contributed by atoms with van der Waals surface area (Å²) in [5.74, 6) is 0.714. The average Bonchev–Trinajstić information content (AvgIpc) is 2.16. The molecule has 0 saturated heterocycles. The van der Waals surface area contributed by atoms with Gasteiger partial charge in [0.25, 0.3) is 0 Å². The van der Waals surface area contributed by atoms with Gasteiger partial charge in [-0.3, -0.25) is 4.21 Å². The lowest BCUT2D eigenvalue weighted by Crippen LogP contribution is -2.15. The minimum absolute atomic E-state index is 0.205. The number of rotatable bonds is 5. The van der Waals surface area contributed by atoms with Crippen LogP contribution < -0.4 is 5.73 Å². The molecule has 0 fully saturated rings. The third-order valence-corrected chi connectivity index (χ3v) is 4.17. The van der Waals surface area contributed by atoms with Crippen LogP contribution in [0.1, 0.15) is 30.9 Å². The van der Waals surface area contributed by atoms with Crippen molar-refractivity contribution >= 4 is 10.8 Å². The van der Waals surface area contributed by atoms with Crippen molar-refractivity contribution in [1.82, 2.24) is 0 Å². The van der Waals surface area contributed by atoms with E-state index in [1.54, 1.807) is 0 Å². The van der Waals surface area contributed by atoms with Crippen LogP contribution in [0.4, 0.5) is 0 Å². The van der Waals surface area contributed by atoms with Crippen molar-refractivity contribution in [2.24, 2.45) is 5.73 Å². The fourth-order valence-corrected chi connectivity index (χ4v) is 2.99. The Kier molecular flexibility index (Phi) is 5.16. The molecule has 1 rings (SSSR count). The molecule has 1 aromatic rings. The molecule has 0 aliphatic carbocycles. The zero-order valence-electron chi connectivity index (χ0n) is 10.3. The summed E-state index contributed by atoms with van der Waals surface area (Å²) >= 11 is 0. The second-order valence-electron chi connectivity index (χ2n) is 4.44. The van der Waals surface area contributed by atoms with Gasteiger partial charge in [-0.15, -0.1) is 0 Å². The second-order valence-corrected chi connectivity index (χ2v) is 5.98. The Morgan fingerprint density at radius 2 is 2.06 bits per heavy atom. The summed E-state index contributed by atoms with van der Waals surface area (Å²) in [5.41, 5.74) is 8.01. The molecule has 0 spiro atoms. The van der Waals surface area contributed by atoms with Gasteiger partial charge in [0.2, 0.25) is 0 Å². The van der Waals surface area contributed by atoms with E-state index < -0.39 is 10.8 Å². The van der Waals surface area contributed by atoms with Crippen LogP contribution in [0, 0.1) is 13.8 Å². The Morgan fingerprint density at radius 3 is 2.62 bits per heavy atom. The van der Waals surface area contributed by atoms with E-state index in [1.165, 1.54) is 5.56 Å². The number of nitrogens with two attached hydrogens (primary N) is 1. The first-order chi connectivity index (χ1) is 7.50. The monoisotopic (exact) mass is 239 g/mol. The minimum atomic E-state index is -0.875. The first-order valence-electron chi connectivity index (χ1n) is 5.72. The molecule has 0 bridgehead atoms. The first-order valence-corrected chi connectivity index (χ1v) is 7.04. The standard InChI is InChI=1S/C13H21NOS/c1-10-6-7-13(11(2)9-10)16(15)8-4-5-12(3)14/h6-7,9,12H,4-5,8,14H2,1-3H3. The Morgan fingerprint density at radius 1 is 1.38 bits per heavy atom. The van der Waals surface area contributed by atoms with Gasteiger partial charge >= 0.3 is 0 Å². The van der Waals surface area contributed by atoms with Crippen LogP contribution in [0.5, 0.6) is 0 Å². The Balaban J connectivity index is 2.59. The van der Waals surface area contributed by atoms with E-state index in [2.05, 4.69) is 13.0 Å². The topological polar surface area (TPSA) is 43.1 Å². The smallest absolute Gasteiger partial charge is 0.0532 e. The number of aryl methyl sites for hydroxylation is 2. The van der Waals surface area contributed by atoms with Crippen LogP contribution in [0.25, 0.3) is 0 Å². The maximum Gasteiger partial charge on any atom is 0.0532 e. The van der Waals surface area contributed by atoms with Gasteiger partial charge < -0.3 is 5.73 Å². The van der Waals surface area contributed by atoms with Gasteiger partial charge in [-0.2, -0.15) is 0 Å². The van der Waals surface area contributed by atoms with Crippen molar-refractivity contribution in [3.63, 3.8) is 0 Å². The van der Waals surface area contributed by atoms with Gasteiger partial charge in [-0.25, -0.2) is 0 Å². The van der Waals surface area contributed by atoms with E-state index in [9.17, 15) is 4.21 Å². The van der Waals surface area contributed by atoms with E-state index in [0.29, 0.717) is 5.75 Å². The van der Waals surface area contributed by atoms with E-state index in [0.717, 1.165) is 23.3 Å². The highest BCUT2D eigenvalue weighted by atomic mass is 32.2. The fourth-order valence-electron chi connectivity index (χ4n) is 1.70. The van der Waals surface area contributed by atoms with Crippen molar-refractivity contribution < 1.29 is 4.21 Å². The molecule has 2 N–H and O–H groups in total. The highest BCUT2D eigenvalue weighted by Crippen LogP contribution is 2.15. The minimum Gasteiger partial charge on any atom is -0.328 e. The van der Waals surface area contributed by atoms with Crippen LogP contribution in [-0.2, 0) is 10.8 Å². The molecule has 0 aliphatic rings. The van der Waals surface area contributed by atoms with E-state index in [1.807, 2.05) is 26.0 Å². The molecule has 0 aromatic heterocycles. The number of hydrogen-bond acceptors (Lipinski definition) is 2. The zero-order valence-corrected chi connectivity index (χ0v) is 11.1. The van der Waals surface area contributed by atoms with Gasteiger partial charge in [0.05, 0.1) is 10.8 Å². The Hall–Kier alpha value is -0.670. The van der Waals surface area contributed by atoms with Crippen LogP contribution in [0.15, 0.2) is 23.1 Å². The molecule has 1 aromatic carbocycles. The highest BCUT2D eigenvalue weighted by molar-refractivity contribution is 7.85. The summed E-state index contributed by atoms with van der Waals surface area (Å²) in [6, 6.07) is 6.29. The molecule has 0 heterocycles. The normalized spacial score (nSPS) is 14.8. The lowest BCUT2D eigenvalue weighted by atomic mass is 10.2. The fraction of sp³-hybridized carbons (Fsp3) is 0.538. The second kappa shape index (κ2) is 6.16. The van der Waals surface area contributed by atoms with E-state index in [4.69, 9.17) is 5.73 Å². The first kappa shape index (κ1) is 13.4. The lowest BCUT2D eigenvalue weighted by Gasteiger charge is -2.08. The predicted molar refractivity (Wildman–Crippen MR) is 70.1 cm³/mol. The molecule has 0 amide bonds. The Labute approximate surface area is 101 Å². The molecule has 16 heavy (non-hydrogen) atoms. The SMILES string of the molecule is Cc1ccc(S(=O)CCCC(C)N)c(C)c1. The average molecular weight is 239 g/mol. The van der Waals surface area contributed by atoms with Crippen molar-refractivity contribution in [3.05, 3.63) is 29.3 Å². The molecule has 2 nitrogen and oxygen atoms in total. The summed E-state index contributed by atoms with van der Waals surface area (Å²) in [6.45, 7) is 6.06. The summed E-state index contributed by atoms with van der Waals surface area (Å²) in [5, 5.41) is 0. The molecule has 2 unspecified atom stereocenters. The highest BCUT2D eigenvalue weighted by Gasteiger charge is 2.07. The molecule has 3 heteroatoms. The third kappa shape index (κ3) is 4.06. The van der Waals surface area contributed by atoms with Crippen molar-refractivity contribution in [1.29, 1.82) is 0 Å². The largest absolute Gasteiger partial charge is 0.328 e. The van der Waals surface area contributed by atoms with Crippen LogP contribution in [0.2, 0.25) is 0 Å². The van der Waals surface area contributed by atoms with Gasteiger partial charge in [-0.1, -0.05) is 17.7 Å². The maximum absolute atomic E-state index is 12.0. The summed E-state index contributed by atoms with van der Waals surface area (Å²) in [7, 11) is -0.875. The molecule has 0 aliphatic heterocycles. The predicted octanol–water partition coefficient (Wildman–Crippen LogP) is 2.54. The summed E-state index contributed by atoms with van der Waals surface area (Å²) in [4.78, 5) is 0.968. The van der Waals surface area contributed by atoms with Crippen molar-refractivity contribution in [3.8, 4) is 0 Å². The molecular formula is C13H21NOS. The van der Waals surface area contributed by atoms with E-state index in [-0.39, 0.29) is 6.04 Å². The lowest BCUT2D eigenvalue weighted by molar-refractivity contribution is 0.643. The quantitative estimate of drug-likeness (QED) is 0.858. The summed E-state index contributed by atoms with van der Waals surface area (Å²) < 4.78 is 12.0. The molecule has 0 radical (unpaired) electrons. The van der Waals surface area contributed by atoms with Crippen molar-refractivity contribution in [2.75, 3.05) is 5.75 Å². The Bertz CT molecular complexity index is 374. The van der Waals surface area contributed by atoms with Gasteiger partial charge in [0.1, 0.15) is 0 Å². The van der Waals surface area contributed by atoms with Crippen molar-refractivity contribution in [2.45, 2.75) is 44.6 Å². The van der Waals surface area contributed by atoms with Gasteiger partial charge in [-0.05, 0) is 45.2 Å². The molecule has 90 valence electrons. The molecule has 2 atom stereocenters. The maximum atomic E-state index is 12.0. The van der Waals surface area contributed by atoms with Crippen LogP contribution in [-0.4, -0.2) is 16.0 Å². The number of benzene rings is 1. The van der Waals surface area contributed by atoms with Gasteiger partial charge in [0.15, 0.2) is 0 Å². The third-order valence-electron chi connectivity index (χ3n) is 2.56. The van der Waals surface area contributed by atoms with Crippen LogP contribution in [0.3, 0.4) is 0 Å². The molecular weight excluding hydrogens is 218 g/mol. The number of hydrogen-bond donors (Lipinski definition) is 1. The molecule has 0 saturated carbocycles. The van der Waals surface area contributed by atoms with Gasteiger partial charge in [0, 0.05) is 16.7 Å².